The predicted octanol–water partition coefficient (Wildman–Crippen LogP) is 5.06. The van der Waals surface area contributed by atoms with Gasteiger partial charge in [0.05, 0.1) is 0 Å². The summed E-state index contributed by atoms with van der Waals surface area (Å²) in [4.78, 5) is 17.5. The van der Waals surface area contributed by atoms with Gasteiger partial charge in [-0.05, 0) is 62.7 Å². The van der Waals surface area contributed by atoms with Gasteiger partial charge in [-0.2, -0.15) is 5.26 Å². The van der Waals surface area contributed by atoms with Crippen molar-refractivity contribution in [1.82, 2.24) is 9.55 Å². The van der Waals surface area contributed by atoms with Crippen molar-refractivity contribution >= 4 is 40.1 Å². The molecule has 0 bridgehead atoms. The minimum Gasteiger partial charge on any atom is -0.318 e. The van der Waals surface area contributed by atoms with E-state index in [1.165, 1.54) is 11.3 Å². The standard InChI is InChI=1S/C20H17ClN4OS/c1-12-8-15(14(3)25(12)18-6-4-17(21)5-7-18)9-16(10-22)19(26)24-20-23-11-13(2)27-20/h4-9,11H,1-3H3,(H,23,24,26)/b16-9-. The van der Waals surface area contributed by atoms with Crippen molar-refractivity contribution in [1.29, 1.82) is 5.26 Å². The summed E-state index contributed by atoms with van der Waals surface area (Å²) in [6, 6.07) is 11.4. The first-order valence-electron chi connectivity index (χ1n) is 8.19. The highest BCUT2D eigenvalue weighted by atomic mass is 35.5. The van der Waals surface area contributed by atoms with Gasteiger partial charge < -0.3 is 4.57 Å². The number of hydrogen-bond acceptors (Lipinski definition) is 4. The van der Waals surface area contributed by atoms with E-state index in [1.54, 1.807) is 12.3 Å². The van der Waals surface area contributed by atoms with Crippen LogP contribution < -0.4 is 5.32 Å². The third-order valence-corrected chi connectivity index (χ3v) is 5.14. The molecule has 0 saturated heterocycles. The number of nitrogens with one attached hydrogen (secondary N) is 1. The Hall–Kier alpha value is -2.88. The van der Waals surface area contributed by atoms with Crippen LogP contribution in [-0.4, -0.2) is 15.5 Å². The summed E-state index contributed by atoms with van der Waals surface area (Å²) in [6.07, 6.45) is 3.28. The lowest BCUT2D eigenvalue weighted by Crippen LogP contribution is -2.13. The maximum atomic E-state index is 12.4. The SMILES string of the molecule is Cc1cnc(NC(=O)/C(C#N)=C\c2cc(C)n(-c3ccc(Cl)cc3)c2C)s1. The van der Waals surface area contributed by atoms with Gasteiger partial charge in [-0.25, -0.2) is 4.98 Å². The Labute approximate surface area is 166 Å². The highest BCUT2D eigenvalue weighted by Crippen LogP contribution is 2.24. The van der Waals surface area contributed by atoms with Gasteiger partial charge in [0, 0.05) is 33.2 Å². The zero-order chi connectivity index (χ0) is 19.6. The molecule has 3 aromatic rings. The van der Waals surface area contributed by atoms with Gasteiger partial charge in [0.25, 0.3) is 5.91 Å². The number of anilines is 1. The number of benzene rings is 1. The molecule has 3 rings (SSSR count). The highest BCUT2D eigenvalue weighted by molar-refractivity contribution is 7.15. The van der Waals surface area contributed by atoms with E-state index in [2.05, 4.69) is 14.9 Å². The van der Waals surface area contributed by atoms with Crippen molar-refractivity contribution in [3.63, 3.8) is 0 Å². The van der Waals surface area contributed by atoms with E-state index in [4.69, 9.17) is 11.6 Å². The monoisotopic (exact) mass is 396 g/mol. The van der Waals surface area contributed by atoms with Crippen molar-refractivity contribution in [2.45, 2.75) is 20.8 Å². The molecule has 2 aromatic heterocycles. The number of carbonyl (C=O) groups excluding carboxylic acids is 1. The van der Waals surface area contributed by atoms with E-state index in [0.29, 0.717) is 10.2 Å². The number of hydrogen-bond donors (Lipinski definition) is 1. The normalized spacial score (nSPS) is 11.3. The Morgan fingerprint density at radius 3 is 2.59 bits per heavy atom. The Bertz CT molecular complexity index is 1070. The lowest BCUT2D eigenvalue weighted by Gasteiger charge is -2.09. The van der Waals surface area contributed by atoms with Crippen LogP contribution in [0.4, 0.5) is 5.13 Å². The van der Waals surface area contributed by atoms with Gasteiger partial charge in [-0.3, -0.25) is 10.1 Å². The second kappa shape index (κ2) is 7.78. The molecule has 0 aliphatic rings. The number of thiazole rings is 1. The first-order valence-corrected chi connectivity index (χ1v) is 9.39. The molecule has 1 N–H and O–H groups in total. The summed E-state index contributed by atoms with van der Waals surface area (Å²) in [5.41, 5.74) is 3.73. The van der Waals surface area contributed by atoms with E-state index in [-0.39, 0.29) is 5.57 Å². The number of halogens is 1. The minimum atomic E-state index is -0.469. The Morgan fingerprint density at radius 1 is 1.30 bits per heavy atom. The Balaban J connectivity index is 1.93. The third-order valence-electron chi connectivity index (χ3n) is 4.06. The molecule has 1 aromatic carbocycles. The van der Waals surface area contributed by atoms with Crippen molar-refractivity contribution in [3.05, 3.63) is 69.0 Å². The number of nitrogens with zero attached hydrogens (tertiary/aromatic N) is 3. The van der Waals surface area contributed by atoms with Crippen molar-refractivity contribution in [3.8, 4) is 11.8 Å². The third kappa shape index (κ3) is 4.11. The summed E-state index contributed by atoms with van der Waals surface area (Å²) in [6.45, 7) is 5.83. The van der Waals surface area contributed by atoms with Crippen LogP contribution in [0.3, 0.4) is 0 Å². The number of carbonyl (C=O) groups is 1. The number of rotatable bonds is 4. The van der Waals surface area contributed by atoms with Gasteiger partial charge in [-0.1, -0.05) is 11.6 Å². The fourth-order valence-electron chi connectivity index (χ4n) is 2.80. The fraction of sp³-hybridized carbons (Fsp3) is 0.150. The van der Waals surface area contributed by atoms with Crippen LogP contribution in [0, 0.1) is 32.1 Å². The van der Waals surface area contributed by atoms with Crippen molar-refractivity contribution in [2.75, 3.05) is 5.32 Å². The van der Waals surface area contributed by atoms with Crippen LogP contribution in [0.15, 0.2) is 42.1 Å². The van der Waals surface area contributed by atoms with Crippen molar-refractivity contribution in [2.24, 2.45) is 0 Å². The molecule has 2 heterocycles. The van der Waals surface area contributed by atoms with Crippen LogP contribution in [0.5, 0.6) is 0 Å². The molecule has 0 unspecified atom stereocenters. The zero-order valence-corrected chi connectivity index (χ0v) is 16.6. The molecule has 136 valence electrons. The van der Waals surface area contributed by atoms with E-state index in [9.17, 15) is 10.1 Å². The number of nitriles is 1. The largest absolute Gasteiger partial charge is 0.318 e. The average molecular weight is 397 g/mol. The quantitative estimate of drug-likeness (QED) is 0.495. The van der Waals surface area contributed by atoms with Gasteiger partial charge >= 0.3 is 0 Å². The first kappa shape index (κ1) is 18.9. The molecule has 7 heteroatoms. The van der Waals surface area contributed by atoms with Crippen LogP contribution >= 0.6 is 22.9 Å². The molecular formula is C20H17ClN4OS. The Morgan fingerprint density at radius 2 is 2.00 bits per heavy atom. The molecule has 1 amide bonds. The number of aryl methyl sites for hydroxylation is 2. The minimum absolute atomic E-state index is 0.0270. The highest BCUT2D eigenvalue weighted by Gasteiger charge is 2.15. The molecule has 27 heavy (non-hydrogen) atoms. The van der Waals surface area contributed by atoms with E-state index < -0.39 is 5.91 Å². The molecule has 0 saturated carbocycles. The topological polar surface area (TPSA) is 70.7 Å². The summed E-state index contributed by atoms with van der Waals surface area (Å²) < 4.78 is 2.05. The second-order valence-corrected chi connectivity index (χ2v) is 7.71. The molecule has 5 nitrogen and oxygen atoms in total. The maximum Gasteiger partial charge on any atom is 0.268 e. The Kier molecular flexibility index (Phi) is 5.45. The number of amides is 1. The van der Waals surface area contributed by atoms with Crippen LogP contribution in [-0.2, 0) is 4.79 Å². The van der Waals surface area contributed by atoms with Gasteiger partial charge in [-0.15, -0.1) is 11.3 Å². The molecule has 0 atom stereocenters. The first-order chi connectivity index (χ1) is 12.9. The predicted molar refractivity (Wildman–Crippen MR) is 109 cm³/mol. The number of aromatic nitrogens is 2. The van der Waals surface area contributed by atoms with Gasteiger partial charge in [0.1, 0.15) is 11.6 Å². The molecular weight excluding hydrogens is 380 g/mol. The summed E-state index contributed by atoms with van der Waals surface area (Å²) >= 11 is 7.33. The molecule has 0 spiro atoms. The summed E-state index contributed by atoms with van der Waals surface area (Å²) in [5.74, 6) is -0.469. The van der Waals surface area contributed by atoms with E-state index in [0.717, 1.165) is 27.5 Å². The average Bonchev–Trinajstić information content (AvgIpc) is 3.16. The molecule has 0 radical (unpaired) electrons. The van der Waals surface area contributed by atoms with Crippen LogP contribution in [0.1, 0.15) is 21.8 Å². The lowest BCUT2D eigenvalue weighted by molar-refractivity contribution is -0.112. The van der Waals surface area contributed by atoms with Gasteiger partial charge in [0.2, 0.25) is 0 Å². The van der Waals surface area contributed by atoms with Crippen LogP contribution in [0.25, 0.3) is 11.8 Å². The molecule has 0 aliphatic heterocycles. The summed E-state index contributed by atoms with van der Waals surface area (Å²) in [7, 11) is 0. The lowest BCUT2D eigenvalue weighted by atomic mass is 10.1. The van der Waals surface area contributed by atoms with E-state index in [1.807, 2.05) is 57.2 Å². The van der Waals surface area contributed by atoms with E-state index >= 15 is 0 Å². The van der Waals surface area contributed by atoms with Crippen LogP contribution in [0.2, 0.25) is 5.02 Å². The summed E-state index contributed by atoms with van der Waals surface area (Å²) in [5, 5.41) is 13.3. The molecule has 0 fully saturated rings. The van der Waals surface area contributed by atoms with Gasteiger partial charge in [0.15, 0.2) is 5.13 Å². The zero-order valence-electron chi connectivity index (χ0n) is 15.1. The van der Waals surface area contributed by atoms with Crippen molar-refractivity contribution < 1.29 is 4.79 Å². The smallest absolute Gasteiger partial charge is 0.268 e. The second-order valence-electron chi connectivity index (χ2n) is 6.04. The molecule has 0 aliphatic carbocycles. The fourth-order valence-corrected chi connectivity index (χ4v) is 3.59. The maximum absolute atomic E-state index is 12.4.